The lowest BCUT2D eigenvalue weighted by molar-refractivity contribution is -0.285. The first-order chi connectivity index (χ1) is 9.37. The van der Waals surface area contributed by atoms with Gasteiger partial charge in [-0.25, -0.2) is 4.89 Å². The Kier molecular flexibility index (Phi) is 4.55. The van der Waals surface area contributed by atoms with Crippen molar-refractivity contribution in [1.82, 2.24) is 0 Å². The normalized spacial score (nSPS) is 38.8. The molecule has 2 aliphatic carbocycles. The van der Waals surface area contributed by atoms with E-state index < -0.39 is 0 Å². The summed E-state index contributed by atoms with van der Waals surface area (Å²) in [6.45, 7) is 8.83. The summed E-state index contributed by atoms with van der Waals surface area (Å²) >= 11 is 0. The van der Waals surface area contributed by atoms with Gasteiger partial charge in [-0.3, -0.25) is 5.26 Å². The monoisotopic (exact) mass is 276 g/mol. The topological polar surface area (TPSA) is 29.5 Å². The zero-order valence-corrected chi connectivity index (χ0v) is 13.3. The van der Waals surface area contributed by atoms with E-state index >= 15 is 0 Å². The van der Waals surface area contributed by atoms with Gasteiger partial charge in [-0.05, 0) is 51.4 Å². The third kappa shape index (κ3) is 3.42. The second kappa shape index (κ2) is 5.87. The number of hydrogen-bond acceptors (Lipinski definition) is 2. The molecular weight excluding hydrogens is 248 g/mol. The highest BCUT2D eigenvalue weighted by Gasteiger charge is 2.35. The molecular formula is C18H28O2. The summed E-state index contributed by atoms with van der Waals surface area (Å²) in [6, 6.07) is 0. The molecule has 0 aromatic carbocycles. The van der Waals surface area contributed by atoms with E-state index in [1.165, 1.54) is 24.0 Å². The molecule has 0 saturated heterocycles. The maximum Gasteiger partial charge on any atom is 0.120 e. The Balaban J connectivity index is 2.13. The fourth-order valence-electron chi connectivity index (χ4n) is 3.11. The fourth-order valence-corrected chi connectivity index (χ4v) is 3.11. The number of allylic oxidation sites excluding steroid dienone is 4. The molecule has 0 heterocycles. The Morgan fingerprint density at radius 2 is 1.85 bits per heavy atom. The Bertz CT molecular complexity index is 446. The Morgan fingerprint density at radius 1 is 1.15 bits per heavy atom. The minimum absolute atomic E-state index is 0.104. The number of rotatable bonds is 3. The Morgan fingerprint density at radius 3 is 2.45 bits per heavy atom. The fraction of sp³-hybridized carbons (Fsp3) is 0.667. The quantitative estimate of drug-likeness (QED) is 0.431. The van der Waals surface area contributed by atoms with Crippen LogP contribution < -0.4 is 0 Å². The second-order valence-electron chi connectivity index (χ2n) is 7.29. The molecule has 0 fully saturated rings. The molecule has 3 atom stereocenters. The van der Waals surface area contributed by atoms with E-state index in [2.05, 4.69) is 52.0 Å². The van der Waals surface area contributed by atoms with Crippen LogP contribution in [0.25, 0.3) is 0 Å². The van der Waals surface area contributed by atoms with Crippen LogP contribution in [0.2, 0.25) is 0 Å². The molecule has 0 bridgehead atoms. The summed E-state index contributed by atoms with van der Waals surface area (Å²) < 4.78 is 0. The van der Waals surface area contributed by atoms with Crippen molar-refractivity contribution in [2.24, 2.45) is 10.8 Å². The highest BCUT2D eigenvalue weighted by Crippen LogP contribution is 2.42. The molecule has 0 saturated carbocycles. The average molecular weight is 276 g/mol. The molecule has 2 heteroatoms. The van der Waals surface area contributed by atoms with Crippen LogP contribution in [0.15, 0.2) is 35.5 Å². The molecule has 0 aromatic rings. The van der Waals surface area contributed by atoms with Crippen molar-refractivity contribution in [3.8, 4) is 0 Å². The van der Waals surface area contributed by atoms with Crippen molar-refractivity contribution in [2.75, 3.05) is 0 Å². The molecule has 3 unspecified atom stereocenters. The van der Waals surface area contributed by atoms with Crippen molar-refractivity contribution in [3.05, 3.63) is 35.5 Å². The molecule has 0 amide bonds. The number of hydrogen-bond donors (Lipinski definition) is 1. The lowest BCUT2D eigenvalue weighted by Crippen LogP contribution is -2.34. The molecule has 2 nitrogen and oxygen atoms in total. The van der Waals surface area contributed by atoms with Gasteiger partial charge in [0.1, 0.15) is 6.10 Å². The molecule has 2 aliphatic rings. The van der Waals surface area contributed by atoms with Gasteiger partial charge in [0.2, 0.25) is 0 Å². The van der Waals surface area contributed by atoms with Crippen LogP contribution >= 0.6 is 0 Å². The van der Waals surface area contributed by atoms with E-state index in [4.69, 9.17) is 4.89 Å². The molecule has 0 spiro atoms. The predicted molar refractivity (Wildman–Crippen MR) is 83.5 cm³/mol. The van der Waals surface area contributed by atoms with Crippen molar-refractivity contribution >= 4 is 0 Å². The van der Waals surface area contributed by atoms with E-state index in [-0.39, 0.29) is 16.9 Å². The van der Waals surface area contributed by atoms with Crippen LogP contribution in [-0.4, -0.2) is 11.4 Å². The third-order valence-corrected chi connectivity index (χ3v) is 5.13. The SMILES string of the molecule is CC1=CCC(C)(/C=C/C2(C)CCC(C)=CC2OO)CC1. The molecule has 20 heavy (non-hydrogen) atoms. The first-order valence-corrected chi connectivity index (χ1v) is 7.70. The van der Waals surface area contributed by atoms with Crippen molar-refractivity contribution in [3.63, 3.8) is 0 Å². The van der Waals surface area contributed by atoms with Crippen molar-refractivity contribution in [2.45, 2.75) is 65.9 Å². The molecule has 112 valence electrons. The van der Waals surface area contributed by atoms with Crippen molar-refractivity contribution in [1.29, 1.82) is 0 Å². The summed E-state index contributed by atoms with van der Waals surface area (Å²) in [7, 11) is 0. The van der Waals surface area contributed by atoms with E-state index in [9.17, 15) is 5.26 Å². The van der Waals surface area contributed by atoms with E-state index in [0.29, 0.717) is 0 Å². The van der Waals surface area contributed by atoms with Gasteiger partial charge in [-0.1, -0.05) is 49.3 Å². The molecule has 2 rings (SSSR count). The van der Waals surface area contributed by atoms with E-state index in [1.54, 1.807) is 0 Å². The average Bonchev–Trinajstić information content (AvgIpc) is 2.43. The molecule has 0 radical (unpaired) electrons. The van der Waals surface area contributed by atoms with Gasteiger partial charge in [0.05, 0.1) is 0 Å². The zero-order chi connectivity index (χ0) is 14.8. The van der Waals surface area contributed by atoms with Gasteiger partial charge in [-0.15, -0.1) is 0 Å². The smallest absolute Gasteiger partial charge is 0.120 e. The van der Waals surface area contributed by atoms with Crippen LogP contribution in [-0.2, 0) is 4.89 Å². The maximum absolute atomic E-state index is 9.19. The minimum Gasteiger partial charge on any atom is -0.251 e. The first kappa shape index (κ1) is 15.5. The molecule has 1 N–H and O–H groups in total. The summed E-state index contributed by atoms with van der Waals surface area (Å²) in [4.78, 5) is 4.73. The summed E-state index contributed by atoms with van der Waals surface area (Å²) in [5.74, 6) is 0. The summed E-state index contributed by atoms with van der Waals surface area (Å²) in [5, 5.41) is 9.19. The van der Waals surface area contributed by atoms with Crippen LogP contribution in [0.5, 0.6) is 0 Å². The highest BCUT2D eigenvalue weighted by atomic mass is 17.1. The van der Waals surface area contributed by atoms with Gasteiger partial charge in [0, 0.05) is 5.41 Å². The second-order valence-corrected chi connectivity index (χ2v) is 7.29. The maximum atomic E-state index is 9.19. The molecule has 0 aromatic heterocycles. The Hall–Kier alpha value is -0.860. The standard InChI is InChI=1S/C18H28O2/c1-14-5-8-17(3,9-6-14)11-12-18(4)10-7-15(2)13-16(18)20-19/h5,11-13,16,19H,6-10H2,1-4H3/b12-11+. The van der Waals surface area contributed by atoms with Gasteiger partial charge >= 0.3 is 0 Å². The van der Waals surface area contributed by atoms with Crippen LogP contribution in [0.4, 0.5) is 0 Å². The Labute approximate surface area is 123 Å². The van der Waals surface area contributed by atoms with Crippen LogP contribution in [0.3, 0.4) is 0 Å². The lowest BCUT2D eigenvalue weighted by atomic mass is 9.71. The third-order valence-electron chi connectivity index (χ3n) is 5.13. The minimum atomic E-state index is -0.225. The van der Waals surface area contributed by atoms with Crippen LogP contribution in [0, 0.1) is 10.8 Å². The van der Waals surface area contributed by atoms with E-state index in [1.807, 2.05) is 0 Å². The lowest BCUT2D eigenvalue weighted by Gasteiger charge is -2.37. The highest BCUT2D eigenvalue weighted by molar-refractivity contribution is 5.20. The van der Waals surface area contributed by atoms with E-state index in [0.717, 1.165) is 19.3 Å². The van der Waals surface area contributed by atoms with Gasteiger partial charge in [0.25, 0.3) is 0 Å². The van der Waals surface area contributed by atoms with Gasteiger partial charge < -0.3 is 0 Å². The molecule has 0 aliphatic heterocycles. The van der Waals surface area contributed by atoms with Crippen molar-refractivity contribution < 1.29 is 10.1 Å². The zero-order valence-electron chi connectivity index (χ0n) is 13.3. The predicted octanol–water partition coefficient (Wildman–Crippen LogP) is 5.28. The summed E-state index contributed by atoms with van der Waals surface area (Å²) in [5.41, 5.74) is 2.96. The van der Waals surface area contributed by atoms with Gasteiger partial charge in [-0.2, -0.15) is 0 Å². The largest absolute Gasteiger partial charge is 0.251 e. The van der Waals surface area contributed by atoms with Gasteiger partial charge in [0.15, 0.2) is 0 Å². The first-order valence-electron chi connectivity index (χ1n) is 7.70. The summed E-state index contributed by atoms with van der Waals surface area (Å²) in [6.07, 6.45) is 14.5. The van der Waals surface area contributed by atoms with Crippen LogP contribution in [0.1, 0.15) is 59.8 Å².